The zero-order valence-corrected chi connectivity index (χ0v) is 25.5. The van der Waals surface area contributed by atoms with Gasteiger partial charge < -0.3 is 14.4 Å². The lowest BCUT2D eigenvalue weighted by Crippen LogP contribution is -2.29. The van der Waals surface area contributed by atoms with Gasteiger partial charge in [0.1, 0.15) is 6.61 Å². The number of esters is 2. The Balaban J connectivity index is 4.27. The Morgan fingerprint density at radius 3 is 1.47 bits per heavy atom. The zero-order valence-electron chi connectivity index (χ0n) is 24.6. The van der Waals surface area contributed by atoms with Crippen LogP contribution in [0.3, 0.4) is 0 Å². The summed E-state index contributed by atoms with van der Waals surface area (Å²) in [6, 6.07) is 0. The van der Waals surface area contributed by atoms with Crippen molar-refractivity contribution in [3.05, 3.63) is 0 Å². The van der Waals surface area contributed by atoms with Crippen molar-refractivity contribution in [3.63, 3.8) is 0 Å². The van der Waals surface area contributed by atoms with Crippen LogP contribution in [0.2, 0.25) is 0 Å². The molecule has 0 spiro atoms. The van der Waals surface area contributed by atoms with E-state index in [1.807, 2.05) is 0 Å². The van der Waals surface area contributed by atoms with E-state index in [1.54, 1.807) is 6.92 Å². The fourth-order valence-corrected chi connectivity index (χ4v) is 4.91. The molecular formula is C29H57O8P. The van der Waals surface area contributed by atoms with Gasteiger partial charge in [-0.05, 0) is 19.8 Å². The van der Waals surface area contributed by atoms with Gasteiger partial charge in [0, 0.05) is 12.8 Å². The minimum absolute atomic E-state index is 0.00453. The van der Waals surface area contributed by atoms with E-state index >= 15 is 0 Å². The van der Waals surface area contributed by atoms with Crippen LogP contribution < -0.4 is 0 Å². The van der Waals surface area contributed by atoms with E-state index in [0.717, 1.165) is 38.5 Å². The van der Waals surface area contributed by atoms with Gasteiger partial charge in [-0.15, -0.1) is 0 Å². The second kappa shape index (κ2) is 26.3. The Bertz CT molecular complexity index is 613. The molecular weight excluding hydrogens is 507 g/mol. The average molecular weight is 565 g/mol. The minimum Gasteiger partial charge on any atom is -0.462 e. The van der Waals surface area contributed by atoms with E-state index in [1.165, 1.54) is 77.0 Å². The van der Waals surface area contributed by atoms with Crippen LogP contribution in [0, 0.1) is 0 Å². The second-order valence-electron chi connectivity index (χ2n) is 10.1. The molecule has 0 saturated heterocycles. The highest BCUT2D eigenvalue weighted by atomic mass is 31.2. The van der Waals surface area contributed by atoms with E-state index in [4.69, 9.17) is 18.5 Å². The molecule has 8 nitrogen and oxygen atoms in total. The van der Waals surface area contributed by atoms with Crippen molar-refractivity contribution in [2.24, 2.45) is 0 Å². The third-order valence-electron chi connectivity index (χ3n) is 6.41. The summed E-state index contributed by atoms with van der Waals surface area (Å²) in [6.07, 6.45) is 20.2. The Morgan fingerprint density at radius 1 is 0.605 bits per heavy atom. The van der Waals surface area contributed by atoms with Crippen molar-refractivity contribution < 1.29 is 37.6 Å². The lowest BCUT2D eigenvalue weighted by atomic mass is 10.1. The summed E-state index contributed by atoms with van der Waals surface area (Å²) in [5.74, 6) is -0.800. The van der Waals surface area contributed by atoms with Crippen LogP contribution in [0.1, 0.15) is 149 Å². The van der Waals surface area contributed by atoms with Crippen molar-refractivity contribution in [1.82, 2.24) is 0 Å². The Morgan fingerprint density at radius 2 is 1.03 bits per heavy atom. The van der Waals surface area contributed by atoms with Crippen molar-refractivity contribution in [3.8, 4) is 0 Å². The molecule has 38 heavy (non-hydrogen) atoms. The molecule has 1 unspecified atom stereocenters. The normalized spacial score (nSPS) is 13.7. The van der Waals surface area contributed by atoms with E-state index in [0.29, 0.717) is 6.42 Å². The van der Waals surface area contributed by atoms with Crippen molar-refractivity contribution in [1.29, 1.82) is 0 Å². The number of carbonyl (C=O) groups is 2. The van der Waals surface area contributed by atoms with E-state index in [2.05, 4.69) is 13.8 Å². The fourth-order valence-electron chi connectivity index (χ4n) is 4.16. The van der Waals surface area contributed by atoms with E-state index < -0.39 is 19.9 Å². The van der Waals surface area contributed by atoms with Gasteiger partial charge in [-0.25, -0.2) is 4.57 Å². The molecule has 0 saturated carbocycles. The summed E-state index contributed by atoms with van der Waals surface area (Å²) in [5, 5.41) is 0. The highest BCUT2D eigenvalue weighted by Gasteiger charge is 2.25. The monoisotopic (exact) mass is 564 g/mol. The number of carbonyl (C=O) groups excluding carboxylic acids is 2. The van der Waals surface area contributed by atoms with Gasteiger partial charge >= 0.3 is 19.8 Å². The first-order chi connectivity index (χ1) is 18.3. The van der Waals surface area contributed by atoms with Crippen LogP contribution >= 0.6 is 7.82 Å². The van der Waals surface area contributed by atoms with Crippen LogP contribution in [0.25, 0.3) is 0 Å². The van der Waals surface area contributed by atoms with Crippen molar-refractivity contribution in [2.45, 2.75) is 155 Å². The summed E-state index contributed by atoms with van der Waals surface area (Å²) in [7, 11) is -4.25. The van der Waals surface area contributed by atoms with Crippen LogP contribution in [0.15, 0.2) is 0 Å². The number of phosphoric acid groups is 1. The Hall–Kier alpha value is -0.950. The number of ether oxygens (including phenoxy) is 2. The highest BCUT2D eigenvalue weighted by Crippen LogP contribution is 2.43. The molecule has 0 fully saturated rings. The predicted molar refractivity (Wildman–Crippen MR) is 152 cm³/mol. The van der Waals surface area contributed by atoms with Crippen molar-refractivity contribution >= 4 is 19.8 Å². The molecule has 0 aliphatic heterocycles. The van der Waals surface area contributed by atoms with Gasteiger partial charge in [-0.3, -0.25) is 18.6 Å². The minimum atomic E-state index is -4.25. The first-order valence-corrected chi connectivity index (χ1v) is 16.8. The number of rotatable bonds is 28. The molecule has 0 aliphatic rings. The molecule has 226 valence electrons. The van der Waals surface area contributed by atoms with Gasteiger partial charge in [0.15, 0.2) is 6.10 Å². The van der Waals surface area contributed by atoms with E-state index in [9.17, 15) is 19.0 Å². The first kappa shape index (κ1) is 37.0. The predicted octanol–water partition coefficient (Wildman–Crippen LogP) is 8.44. The molecule has 0 aromatic heterocycles. The molecule has 2 atom stereocenters. The first-order valence-electron chi connectivity index (χ1n) is 15.3. The van der Waals surface area contributed by atoms with Crippen LogP contribution in [-0.4, -0.2) is 42.8 Å². The summed E-state index contributed by atoms with van der Waals surface area (Å²) in [4.78, 5) is 34.2. The molecule has 9 heteroatoms. The number of phosphoric ester groups is 1. The molecule has 0 amide bonds. The average Bonchev–Trinajstić information content (AvgIpc) is 2.88. The van der Waals surface area contributed by atoms with Crippen molar-refractivity contribution in [2.75, 3.05) is 19.8 Å². The van der Waals surface area contributed by atoms with E-state index in [-0.39, 0.29) is 32.2 Å². The van der Waals surface area contributed by atoms with Gasteiger partial charge in [0.25, 0.3) is 0 Å². The lowest BCUT2D eigenvalue weighted by Gasteiger charge is -2.19. The van der Waals surface area contributed by atoms with Gasteiger partial charge in [-0.2, -0.15) is 0 Å². The summed E-state index contributed by atoms with van der Waals surface area (Å²) >= 11 is 0. The number of unbranched alkanes of at least 4 members (excludes halogenated alkanes) is 16. The molecule has 0 aromatic rings. The lowest BCUT2D eigenvalue weighted by molar-refractivity contribution is -0.161. The smallest absolute Gasteiger partial charge is 0.462 e. The third-order valence-corrected chi connectivity index (χ3v) is 7.47. The molecule has 0 aromatic carbocycles. The molecule has 0 aliphatic carbocycles. The van der Waals surface area contributed by atoms with Crippen LogP contribution in [0.5, 0.6) is 0 Å². The maximum Gasteiger partial charge on any atom is 0.472 e. The standard InChI is InChI=1S/C29H57O8P/c1-4-7-9-11-13-15-17-19-21-23-28(30)34-25-27(26-36-38(32,33)35-6-3)37-29(31)24-22-20-18-16-14-12-10-8-5-2/h27H,4-26H2,1-3H3,(H,32,33)/t27-/m1/s1. The van der Waals surface area contributed by atoms with Crippen LogP contribution in [0.4, 0.5) is 0 Å². The third kappa shape index (κ3) is 25.3. The molecule has 0 radical (unpaired) electrons. The number of hydrogen-bond donors (Lipinski definition) is 1. The molecule has 0 bridgehead atoms. The van der Waals surface area contributed by atoms with Crippen LogP contribution in [-0.2, 0) is 32.7 Å². The highest BCUT2D eigenvalue weighted by molar-refractivity contribution is 7.47. The Kier molecular flexibility index (Phi) is 25.6. The summed E-state index contributed by atoms with van der Waals surface area (Å²) < 4.78 is 32.2. The van der Waals surface area contributed by atoms with Gasteiger partial charge in [0.2, 0.25) is 0 Å². The molecule has 1 N–H and O–H groups in total. The molecule has 0 rings (SSSR count). The largest absolute Gasteiger partial charge is 0.472 e. The molecule has 0 heterocycles. The quantitative estimate of drug-likeness (QED) is 0.0573. The van der Waals surface area contributed by atoms with Gasteiger partial charge in [0.05, 0.1) is 13.2 Å². The summed E-state index contributed by atoms with van der Waals surface area (Å²) in [5.41, 5.74) is 0. The second-order valence-corrected chi connectivity index (χ2v) is 11.6. The SMILES string of the molecule is CCCCCCCCCCCC(=O)OC[C@H](COP(=O)(O)OCC)OC(=O)CCCCCCCCCCC. The van der Waals surface area contributed by atoms with Gasteiger partial charge in [-0.1, -0.05) is 117 Å². The maximum atomic E-state index is 12.3. The Labute approximate surface area is 232 Å². The topological polar surface area (TPSA) is 108 Å². The fraction of sp³-hybridized carbons (Fsp3) is 0.931. The zero-order chi connectivity index (χ0) is 28.3. The maximum absolute atomic E-state index is 12.3. The number of hydrogen-bond acceptors (Lipinski definition) is 7. The summed E-state index contributed by atoms with van der Waals surface area (Å²) in [6.45, 7) is 5.39.